The molecule has 1 aromatic heterocycles. The Bertz CT molecular complexity index is 353. The predicted octanol–water partition coefficient (Wildman–Crippen LogP) is 2.84. The van der Waals surface area contributed by atoms with Gasteiger partial charge in [0.2, 0.25) is 0 Å². The van der Waals surface area contributed by atoms with Crippen molar-refractivity contribution in [2.75, 3.05) is 30.7 Å². The zero-order chi connectivity index (χ0) is 12.8. The first-order chi connectivity index (χ1) is 8.81. The summed E-state index contributed by atoms with van der Waals surface area (Å²) in [6.07, 6.45) is 3.28. The zero-order valence-corrected chi connectivity index (χ0v) is 12.2. The molecule has 2 rings (SSSR count). The molecule has 2 heterocycles. The van der Waals surface area contributed by atoms with Gasteiger partial charge in [-0.2, -0.15) is 11.8 Å². The smallest absolute Gasteiger partial charge is 0.125 e. The number of nitrogens with zero attached hydrogens (tertiary/aromatic N) is 2. The maximum absolute atomic E-state index is 4.43. The van der Waals surface area contributed by atoms with E-state index in [1.165, 1.54) is 30.8 Å². The van der Waals surface area contributed by atoms with Gasteiger partial charge in [0.25, 0.3) is 0 Å². The molecule has 0 saturated carbocycles. The Labute approximate surface area is 114 Å². The average molecular weight is 265 g/mol. The van der Waals surface area contributed by atoms with Gasteiger partial charge in [-0.1, -0.05) is 13.0 Å². The SMILES string of the molecule is CCNc1ccc(CN2CCSC(CC)C2)cn1. The van der Waals surface area contributed by atoms with E-state index >= 15 is 0 Å². The molecular formula is C14H23N3S. The highest BCUT2D eigenvalue weighted by atomic mass is 32.2. The second-order valence-electron chi connectivity index (χ2n) is 4.72. The first kappa shape index (κ1) is 13.7. The van der Waals surface area contributed by atoms with E-state index in [0.717, 1.165) is 24.2 Å². The molecule has 1 aliphatic heterocycles. The van der Waals surface area contributed by atoms with Crippen LogP contribution in [0.2, 0.25) is 0 Å². The van der Waals surface area contributed by atoms with Crippen LogP contribution in [-0.2, 0) is 6.54 Å². The Morgan fingerprint density at radius 1 is 1.44 bits per heavy atom. The molecule has 0 radical (unpaired) electrons. The maximum Gasteiger partial charge on any atom is 0.125 e. The molecule has 1 N–H and O–H groups in total. The van der Waals surface area contributed by atoms with Gasteiger partial charge >= 0.3 is 0 Å². The average Bonchev–Trinajstić information content (AvgIpc) is 2.42. The van der Waals surface area contributed by atoms with Crippen LogP contribution in [0.1, 0.15) is 25.8 Å². The third-order valence-corrected chi connectivity index (χ3v) is 4.64. The van der Waals surface area contributed by atoms with Crippen molar-refractivity contribution in [2.45, 2.75) is 32.1 Å². The largest absolute Gasteiger partial charge is 0.370 e. The van der Waals surface area contributed by atoms with Crippen LogP contribution in [0.4, 0.5) is 5.82 Å². The summed E-state index contributed by atoms with van der Waals surface area (Å²) in [5.74, 6) is 2.24. The molecule has 18 heavy (non-hydrogen) atoms. The molecule has 4 heteroatoms. The summed E-state index contributed by atoms with van der Waals surface area (Å²) in [6, 6.07) is 4.27. The fourth-order valence-electron chi connectivity index (χ4n) is 2.23. The summed E-state index contributed by atoms with van der Waals surface area (Å²) in [4.78, 5) is 6.98. The van der Waals surface area contributed by atoms with E-state index < -0.39 is 0 Å². The van der Waals surface area contributed by atoms with Crippen molar-refractivity contribution >= 4 is 17.6 Å². The standard InChI is InChI=1S/C14H23N3S/c1-3-13-11-17(7-8-18-13)10-12-5-6-14(15-4-2)16-9-12/h5-6,9,13H,3-4,7-8,10-11H2,1-2H3,(H,15,16). The van der Waals surface area contributed by atoms with E-state index in [0.29, 0.717) is 0 Å². The van der Waals surface area contributed by atoms with Crippen LogP contribution in [0.3, 0.4) is 0 Å². The molecule has 1 saturated heterocycles. The Hall–Kier alpha value is -0.740. The molecule has 1 fully saturated rings. The zero-order valence-electron chi connectivity index (χ0n) is 11.4. The van der Waals surface area contributed by atoms with Crippen LogP contribution in [0, 0.1) is 0 Å². The fraction of sp³-hybridized carbons (Fsp3) is 0.643. The number of aromatic nitrogens is 1. The van der Waals surface area contributed by atoms with Gasteiger partial charge in [-0.25, -0.2) is 4.98 Å². The van der Waals surface area contributed by atoms with E-state index in [-0.39, 0.29) is 0 Å². The number of hydrogen-bond donors (Lipinski definition) is 1. The topological polar surface area (TPSA) is 28.2 Å². The Kier molecular flexibility index (Phi) is 5.32. The van der Waals surface area contributed by atoms with Gasteiger partial charge in [-0.15, -0.1) is 0 Å². The van der Waals surface area contributed by atoms with Crippen LogP contribution in [0.25, 0.3) is 0 Å². The van der Waals surface area contributed by atoms with Crippen LogP contribution in [-0.4, -0.2) is 40.5 Å². The molecule has 3 nitrogen and oxygen atoms in total. The fourth-order valence-corrected chi connectivity index (χ4v) is 3.48. The Balaban J connectivity index is 1.88. The lowest BCUT2D eigenvalue weighted by Crippen LogP contribution is -2.37. The third-order valence-electron chi connectivity index (χ3n) is 3.27. The number of hydrogen-bond acceptors (Lipinski definition) is 4. The van der Waals surface area contributed by atoms with Crippen molar-refractivity contribution in [3.8, 4) is 0 Å². The lowest BCUT2D eigenvalue weighted by molar-refractivity contribution is 0.273. The molecule has 0 spiro atoms. The minimum absolute atomic E-state index is 0.813. The van der Waals surface area contributed by atoms with Crippen LogP contribution in [0.15, 0.2) is 18.3 Å². The highest BCUT2D eigenvalue weighted by Gasteiger charge is 2.18. The Morgan fingerprint density at radius 2 is 2.33 bits per heavy atom. The number of anilines is 1. The van der Waals surface area contributed by atoms with Crippen molar-refractivity contribution in [2.24, 2.45) is 0 Å². The summed E-state index contributed by atoms with van der Waals surface area (Å²) >= 11 is 2.12. The predicted molar refractivity (Wildman–Crippen MR) is 80.2 cm³/mol. The first-order valence-electron chi connectivity index (χ1n) is 6.84. The van der Waals surface area contributed by atoms with E-state index in [2.05, 4.69) is 52.9 Å². The monoisotopic (exact) mass is 265 g/mol. The van der Waals surface area contributed by atoms with Crippen LogP contribution in [0.5, 0.6) is 0 Å². The summed E-state index contributed by atoms with van der Waals surface area (Å²) < 4.78 is 0. The van der Waals surface area contributed by atoms with Gasteiger partial charge in [-0.05, 0) is 25.0 Å². The summed E-state index contributed by atoms with van der Waals surface area (Å²) in [5, 5.41) is 4.04. The lowest BCUT2D eigenvalue weighted by Gasteiger charge is -2.31. The molecule has 0 bridgehead atoms. The molecule has 100 valence electrons. The third kappa shape index (κ3) is 3.89. The molecule has 0 aliphatic carbocycles. The summed E-state index contributed by atoms with van der Waals surface area (Å²) in [6.45, 7) is 8.76. The second-order valence-corrected chi connectivity index (χ2v) is 6.13. The van der Waals surface area contributed by atoms with Gasteiger partial charge in [0.15, 0.2) is 0 Å². The minimum Gasteiger partial charge on any atom is -0.370 e. The molecule has 1 atom stereocenters. The van der Waals surface area contributed by atoms with Crippen molar-refractivity contribution in [3.63, 3.8) is 0 Å². The molecule has 1 aromatic rings. The molecule has 0 amide bonds. The van der Waals surface area contributed by atoms with Gasteiger partial charge in [-0.3, -0.25) is 4.90 Å². The summed E-state index contributed by atoms with van der Waals surface area (Å²) in [7, 11) is 0. The van der Waals surface area contributed by atoms with Gasteiger partial charge < -0.3 is 5.32 Å². The van der Waals surface area contributed by atoms with Gasteiger partial charge in [0.1, 0.15) is 5.82 Å². The number of pyridine rings is 1. The van der Waals surface area contributed by atoms with Gasteiger partial charge in [0, 0.05) is 43.4 Å². The highest BCUT2D eigenvalue weighted by molar-refractivity contribution is 8.00. The minimum atomic E-state index is 0.813. The molecule has 1 aliphatic rings. The summed E-state index contributed by atoms with van der Waals surface area (Å²) in [5.41, 5.74) is 1.32. The van der Waals surface area contributed by atoms with Crippen molar-refractivity contribution < 1.29 is 0 Å². The van der Waals surface area contributed by atoms with E-state index in [1.54, 1.807) is 0 Å². The quantitative estimate of drug-likeness (QED) is 0.886. The lowest BCUT2D eigenvalue weighted by atomic mass is 10.2. The number of thioether (sulfide) groups is 1. The van der Waals surface area contributed by atoms with Crippen molar-refractivity contribution in [1.29, 1.82) is 0 Å². The van der Waals surface area contributed by atoms with Crippen LogP contribution >= 0.6 is 11.8 Å². The van der Waals surface area contributed by atoms with Crippen LogP contribution < -0.4 is 5.32 Å². The van der Waals surface area contributed by atoms with E-state index in [1.807, 2.05) is 6.20 Å². The molecule has 1 unspecified atom stereocenters. The van der Waals surface area contributed by atoms with Crippen molar-refractivity contribution in [3.05, 3.63) is 23.9 Å². The normalized spacial score (nSPS) is 20.9. The van der Waals surface area contributed by atoms with E-state index in [9.17, 15) is 0 Å². The molecular weight excluding hydrogens is 242 g/mol. The highest BCUT2D eigenvalue weighted by Crippen LogP contribution is 2.22. The van der Waals surface area contributed by atoms with E-state index in [4.69, 9.17) is 0 Å². The second kappa shape index (κ2) is 7.00. The maximum atomic E-state index is 4.43. The number of rotatable bonds is 5. The Morgan fingerprint density at radius 3 is 3.00 bits per heavy atom. The number of nitrogens with one attached hydrogen (secondary N) is 1. The van der Waals surface area contributed by atoms with Gasteiger partial charge in [0.05, 0.1) is 0 Å². The molecule has 0 aromatic carbocycles. The van der Waals surface area contributed by atoms with Crippen molar-refractivity contribution in [1.82, 2.24) is 9.88 Å². The first-order valence-corrected chi connectivity index (χ1v) is 7.89.